The first-order chi connectivity index (χ1) is 4.41. The Hall–Kier alpha value is -0.520. The minimum Gasteiger partial charge on any atom is -0.0917 e. The van der Waals surface area contributed by atoms with E-state index in [2.05, 4.69) is 38.2 Å². The third-order valence-electron chi connectivity index (χ3n) is 1.21. The van der Waals surface area contributed by atoms with Crippen LogP contribution in [0, 0.1) is 0 Å². The molecule has 0 aliphatic carbocycles. The summed E-state index contributed by atoms with van der Waals surface area (Å²) in [5.74, 6) is 0. The van der Waals surface area contributed by atoms with Crippen LogP contribution in [0.4, 0.5) is 0 Å². The summed E-state index contributed by atoms with van der Waals surface area (Å²) < 4.78 is 0. The molecule has 0 saturated carbocycles. The molecule has 52 valence electrons. The molecule has 0 heterocycles. The van der Waals surface area contributed by atoms with Crippen LogP contribution in [0.25, 0.3) is 0 Å². The summed E-state index contributed by atoms with van der Waals surface area (Å²) in [6.45, 7) is 4.13. The Morgan fingerprint density at radius 1 is 0.889 bits per heavy atom. The average Bonchev–Trinajstić information content (AvgIpc) is 1.89. The Kier molecular flexibility index (Phi) is 7.05. The van der Waals surface area contributed by atoms with E-state index >= 15 is 0 Å². The summed E-state index contributed by atoms with van der Waals surface area (Å²) in [6, 6.07) is 0. The maximum Gasteiger partial charge on any atom is -0.0348 e. The minimum absolute atomic E-state index is 1.22. The number of allylic oxidation sites excluding steroid dienone is 4. The monoisotopic (exact) mass is 124 g/mol. The quantitative estimate of drug-likeness (QED) is 0.398. The molecule has 0 amide bonds. The molecule has 0 unspecified atom stereocenters. The second-order valence-corrected chi connectivity index (χ2v) is 2.07. The van der Waals surface area contributed by atoms with Crippen molar-refractivity contribution < 1.29 is 0 Å². The molecule has 0 radical (unpaired) electrons. The molecule has 0 heteroatoms. The molecule has 0 aromatic carbocycles. The molecule has 0 aromatic rings. The van der Waals surface area contributed by atoms with Crippen LogP contribution in [0.15, 0.2) is 24.3 Å². The Bertz CT molecular complexity index is 76.2. The third kappa shape index (κ3) is 7.48. The van der Waals surface area contributed by atoms with Gasteiger partial charge < -0.3 is 0 Å². The first-order valence-electron chi connectivity index (χ1n) is 3.64. The maximum absolute atomic E-state index is 2.21. The van der Waals surface area contributed by atoms with Gasteiger partial charge in [0.25, 0.3) is 0 Å². The molecule has 0 fully saturated rings. The fourth-order valence-corrected chi connectivity index (χ4v) is 0.687. The van der Waals surface area contributed by atoms with Crippen LogP contribution in [0.3, 0.4) is 0 Å². The fourth-order valence-electron chi connectivity index (χ4n) is 0.687. The van der Waals surface area contributed by atoms with Gasteiger partial charge in [0.2, 0.25) is 0 Å². The highest BCUT2D eigenvalue weighted by atomic mass is 13.8. The second-order valence-electron chi connectivity index (χ2n) is 2.07. The van der Waals surface area contributed by atoms with Crippen molar-refractivity contribution in [1.29, 1.82) is 0 Å². The lowest BCUT2D eigenvalue weighted by Crippen LogP contribution is -1.66. The number of hydrogen-bond donors (Lipinski definition) is 0. The fraction of sp³-hybridized carbons (Fsp3) is 0.556. The number of unbranched alkanes of at least 4 members (excludes halogenated alkanes) is 2. The summed E-state index contributed by atoms with van der Waals surface area (Å²) in [5.41, 5.74) is 0. The van der Waals surface area contributed by atoms with Crippen molar-refractivity contribution in [2.24, 2.45) is 0 Å². The van der Waals surface area contributed by atoms with Gasteiger partial charge in [-0.2, -0.15) is 0 Å². The summed E-state index contributed by atoms with van der Waals surface area (Å²) in [5, 5.41) is 0. The van der Waals surface area contributed by atoms with Crippen LogP contribution in [0.5, 0.6) is 0 Å². The van der Waals surface area contributed by atoms with Crippen molar-refractivity contribution in [1.82, 2.24) is 0 Å². The zero-order chi connectivity index (χ0) is 6.95. The highest BCUT2D eigenvalue weighted by molar-refractivity contribution is 4.81. The molecule has 0 nitrogen and oxygen atoms in total. The van der Waals surface area contributed by atoms with Crippen molar-refractivity contribution in [3.05, 3.63) is 24.3 Å². The van der Waals surface area contributed by atoms with E-state index in [4.69, 9.17) is 0 Å². The van der Waals surface area contributed by atoms with Gasteiger partial charge >= 0.3 is 0 Å². The van der Waals surface area contributed by atoms with Gasteiger partial charge in [0.1, 0.15) is 0 Å². The topological polar surface area (TPSA) is 0 Å². The van der Waals surface area contributed by atoms with Crippen molar-refractivity contribution in [3.63, 3.8) is 0 Å². The van der Waals surface area contributed by atoms with Gasteiger partial charge in [-0.05, 0) is 33.1 Å². The number of rotatable bonds is 4. The average molecular weight is 124 g/mol. The molecule has 0 rings (SSSR count). The first-order valence-corrected chi connectivity index (χ1v) is 3.64. The van der Waals surface area contributed by atoms with Gasteiger partial charge in [-0.25, -0.2) is 0 Å². The SMILES string of the molecule is C/C=C\CCC/C=C\C. The smallest absolute Gasteiger partial charge is 0.0348 e. The van der Waals surface area contributed by atoms with Crippen LogP contribution < -0.4 is 0 Å². The van der Waals surface area contributed by atoms with E-state index in [1.165, 1.54) is 19.3 Å². The third-order valence-corrected chi connectivity index (χ3v) is 1.21. The molecular formula is C9H16. The highest BCUT2D eigenvalue weighted by Crippen LogP contribution is 1.96. The minimum atomic E-state index is 1.22. The zero-order valence-corrected chi connectivity index (χ0v) is 6.43. The molecule has 0 aliphatic heterocycles. The summed E-state index contributed by atoms with van der Waals surface area (Å²) in [4.78, 5) is 0. The predicted molar refractivity (Wildman–Crippen MR) is 43.5 cm³/mol. The number of hydrogen-bond acceptors (Lipinski definition) is 0. The van der Waals surface area contributed by atoms with E-state index in [9.17, 15) is 0 Å². The molecule has 0 spiro atoms. The lowest BCUT2D eigenvalue weighted by Gasteiger charge is -1.86. The Labute approximate surface area is 58.3 Å². The molecule has 0 saturated heterocycles. The van der Waals surface area contributed by atoms with Gasteiger partial charge in [0, 0.05) is 0 Å². The van der Waals surface area contributed by atoms with Crippen molar-refractivity contribution in [2.75, 3.05) is 0 Å². The van der Waals surface area contributed by atoms with Crippen LogP contribution in [-0.2, 0) is 0 Å². The maximum atomic E-state index is 2.21. The van der Waals surface area contributed by atoms with Crippen molar-refractivity contribution in [3.8, 4) is 0 Å². The second kappa shape index (κ2) is 7.48. The Balaban J connectivity index is 2.91. The summed E-state index contributed by atoms with van der Waals surface area (Å²) in [7, 11) is 0. The Morgan fingerprint density at radius 2 is 1.33 bits per heavy atom. The van der Waals surface area contributed by atoms with Crippen molar-refractivity contribution >= 4 is 0 Å². The van der Waals surface area contributed by atoms with Crippen LogP contribution in [-0.4, -0.2) is 0 Å². The lowest BCUT2D eigenvalue weighted by atomic mass is 10.2. The van der Waals surface area contributed by atoms with E-state index < -0.39 is 0 Å². The van der Waals surface area contributed by atoms with E-state index in [1.54, 1.807) is 0 Å². The lowest BCUT2D eigenvalue weighted by molar-refractivity contribution is 0.866. The normalized spacial score (nSPS) is 11.8. The zero-order valence-electron chi connectivity index (χ0n) is 6.43. The van der Waals surface area contributed by atoms with Crippen LogP contribution in [0.1, 0.15) is 33.1 Å². The van der Waals surface area contributed by atoms with Gasteiger partial charge in [-0.3, -0.25) is 0 Å². The molecule has 9 heavy (non-hydrogen) atoms. The van der Waals surface area contributed by atoms with Gasteiger partial charge in [-0.15, -0.1) is 0 Å². The van der Waals surface area contributed by atoms with Gasteiger partial charge in [0.05, 0.1) is 0 Å². The van der Waals surface area contributed by atoms with E-state index in [1.807, 2.05) is 0 Å². The van der Waals surface area contributed by atoms with Crippen LogP contribution in [0.2, 0.25) is 0 Å². The summed E-state index contributed by atoms with van der Waals surface area (Å²) >= 11 is 0. The van der Waals surface area contributed by atoms with Gasteiger partial charge in [0.15, 0.2) is 0 Å². The van der Waals surface area contributed by atoms with Crippen molar-refractivity contribution in [2.45, 2.75) is 33.1 Å². The molecule has 0 aromatic heterocycles. The van der Waals surface area contributed by atoms with Crippen LogP contribution >= 0.6 is 0 Å². The molecular weight excluding hydrogens is 108 g/mol. The first kappa shape index (κ1) is 8.48. The predicted octanol–water partition coefficient (Wildman–Crippen LogP) is 3.31. The Morgan fingerprint density at radius 3 is 1.67 bits per heavy atom. The molecule has 0 bridgehead atoms. The molecule has 0 atom stereocenters. The van der Waals surface area contributed by atoms with E-state index in [0.29, 0.717) is 0 Å². The van der Waals surface area contributed by atoms with Gasteiger partial charge in [-0.1, -0.05) is 24.3 Å². The van der Waals surface area contributed by atoms with E-state index in [0.717, 1.165) is 0 Å². The summed E-state index contributed by atoms with van der Waals surface area (Å²) in [6.07, 6.45) is 12.4. The molecule has 0 N–H and O–H groups in total. The molecule has 0 aliphatic rings. The highest BCUT2D eigenvalue weighted by Gasteiger charge is 1.76. The van der Waals surface area contributed by atoms with E-state index in [-0.39, 0.29) is 0 Å². The standard InChI is InChI=1S/C9H16/c1-3-5-7-9-8-6-4-2/h3-6H,7-9H2,1-2H3/b5-3-,6-4-. The largest absolute Gasteiger partial charge is 0.0917 e.